The van der Waals surface area contributed by atoms with Gasteiger partial charge in [-0.05, 0) is 36.5 Å². The highest BCUT2D eigenvalue weighted by molar-refractivity contribution is 5.99. The fourth-order valence-electron chi connectivity index (χ4n) is 4.01. The number of nitro benzene ring substituents is 1. The van der Waals surface area contributed by atoms with Gasteiger partial charge in [-0.3, -0.25) is 29.3 Å². The maximum Gasteiger partial charge on any atom is 0.269 e. The van der Waals surface area contributed by atoms with E-state index in [2.05, 4.69) is 21.3 Å². The summed E-state index contributed by atoms with van der Waals surface area (Å²) in [5.41, 5.74) is 1.06. The van der Waals surface area contributed by atoms with Crippen LogP contribution in [-0.2, 0) is 25.6 Å². The normalized spacial score (nSPS) is 16.4. The van der Waals surface area contributed by atoms with Gasteiger partial charge < -0.3 is 21.3 Å². The molecule has 1 aliphatic rings. The van der Waals surface area contributed by atoms with Gasteiger partial charge in [0.25, 0.3) is 5.69 Å². The molecule has 2 aromatic rings. The summed E-state index contributed by atoms with van der Waals surface area (Å²) in [7, 11) is 0. The minimum atomic E-state index is -0.978. The van der Waals surface area contributed by atoms with Gasteiger partial charge in [-0.15, -0.1) is 0 Å². The average molecular weight is 510 g/mol. The van der Waals surface area contributed by atoms with Gasteiger partial charge >= 0.3 is 0 Å². The molecule has 0 unspecified atom stereocenters. The molecule has 4 N–H and O–H groups in total. The summed E-state index contributed by atoms with van der Waals surface area (Å²) in [6.07, 6.45) is 1.11. The molecule has 11 heteroatoms. The number of nitrogens with zero attached hydrogens (tertiary/aromatic N) is 1. The van der Waals surface area contributed by atoms with Crippen LogP contribution in [0.2, 0.25) is 0 Å². The smallest absolute Gasteiger partial charge is 0.269 e. The van der Waals surface area contributed by atoms with Gasteiger partial charge in [-0.25, -0.2) is 0 Å². The molecular weight excluding hydrogens is 478 g/mol. The molecule has 3 rings (SSSR count). The van der Waals surface area contributed by atoms with Gasteiger partial charge in [0.2, 0.25) is 23.6 Å². The second-order valence-corrected chi connectivity index (χ2v) is 9.39. The van der Waals surface area contributed by atoms with Crippen LogP contribution in [0.5, 0.6) is 0 Å². The number of benzene rings is 2. The topological polar surface area (TPSA) is 160 Å². The molecule has 4 amide bonds. The van der Waals surface area contributed by atoms with Gasteiger partial charge in [-0.1, -0.05) is 44.2 Å². The van der Waals surface area contributed by atoms with Crippen molar-refractivity contribution in [3.63, 3.8) is 0 Å². The van der Waals surface area contributed by atoms with E-state index >= 15 is 0 Å². The standard InChI is InChI=1S/C26H31N5O6/c1-16(2)14-21(25(34)27-18-8-10-19(11-9-18)31(36)37)29-26(35)22(15-17-6-4-3-5-7-17)30-24(33)20-12-13-23(32)28-20/h3-11,16,20-22H,12-15H2,1-2H3,(H,27,34)(H,28,32)(H,29,35)(H,30,33)/t20-,21+,22+/m1/s1. The third-order valence-corrected chi connectivity index (χ3v) is 5.91. The third-order valence-electron chi connectivity index (χ3n) is 5.91. The Morgan fingerprint density at radius 2 is 1.68 bits per heavy atom. The summed E-state index contributed by atoms with van der Waals surface area (Å²) in [5, 5.41) is 21.7. The lowest BCUT2D eigenvalue weighted by atomic mass is 10.0. The Labute approximate surface area is 214 Å². The fraction of sp³-hybridized carbons (Fsp3) is 0.385. The Hall–Kier alpha value is -4.28. The van der Waals surface area contributed by atoms with Crippen LogP contribution in [-0.4, -0.2) is 46.7 Å². The number of amides is 4. The zero-order chi connectivity index (χ0) is 26.9. The number of carbonyl (C=O) groups is 4. The van der Waals surface area contributed by atoms with Gasteiger partial charge in [0, 0.05) is 30.7 Å². The zero-order valence-electron chi connectivity index (χ0n) is 20.7. The first-order chi connectivity index (χ1) is 17.6. The molecule has 3 atom stereocenters. The Balaban J connectivity index is 1.74. The molecule has 0 bridgehead atoms. The van der Waals surface area contributed by atoms with Crippen molar-refractivity contribution in [3.8, 4) is 0 Å². The first-order valence-corrected chi connectivity index (χ1v) is 12.1. The Kier molecular flexibility index (Phi) is 9.31. The second-order valence-electron chi connectivity index (χ2n) is 9.39. The number of hydrogen-bond donors (Lipinski definition) is 4. The number of rotatable bonds is 11. The molecular formula is C26H31N5O6. The van der Waals surface area contributed by atoms with Crippen molar-refractivity contribution in [3.05, 3.63) is 70.3 Å². The van der Waals surface area contributed by atoms with E-state index in [1.54, 1.807) is 0 Å². The van der Waals surface area contributed by atoms with Crippen molar-refractivity contribution in [1.82, 2.24) is 16.0 Å². The largest absolute Gasteiger partial charge is 0.344 e. The highest BCUT2D eigenvalue weighted by Gasteiger charge is 2.32. The molecule has 0 saturated carbocycles. The van der Waals surface area contributed by atoms with Crippen LogP contribution in [0, 0.1) is 16.0 Å². The molecule has 37 heavy (non-hydrogen) atoms. The third kappa shape index (κ3) is 8.13. The summed E-state index contributed by atoms with van der Waals surface area (Å²) < 4.78 is 0. The van der Waals surface area contributed by atoms with Gasteiger partial charge in [-0.2, -0.15) is 0 Å². The van der Waals surface area contributed by atoms with E-state index in [1.165, 1.54) is 24.3 Å². The maximum atomic E-state index is 13.4. The lowest BCUT2D eigenvalue weighted by Crippen LogP contribution is -2.56. The van der Waals surface area contributed by atoms with E-state index in [9.17, 15) is 29.3 Å². The monoisotopic (exact) mass is 509 g/mol. The number of hydrogen-bond acceptors (Lipinski definition) is 6. The molecule has 0 aliphatic carbocycles. The molecule has 1 saturated heterocycles. The van der Waals surface area contributed by atoms with Crippen LogP contribution in [0.15, 0.2) is 54.6 Å². The molecule has 2 aromatic carbocycles. The maximum absolute atomic E-state index is 13.4. The zero-order valence-corrected chi connectivity index (χ0v) is 20.7. The highest BCUT2D eigenvalue weighted by Crippen LogP contribution is 2.17. The van der Waals surface area contributed by atoms with Crippen LogP contribution in [0.1, 0.15) is 38.7 Å². The fourth-order valence-corrected chi connectivity index (χ4v) is 4.01. The average Bonchev–Trinajstić information content (AvgIpc) is 3.30. The number of nitrogens with one attached hydrogen (secondary N) is 4. The van der Waals surface area contributed by atoms with Crippen LogP contribution in [0.25, 0.3) is 0 Å². The summed E-state index contributed by atoms with van der Waals surface area (Å²) in [4.78, 5) is 61.1. The van der Waals surface area contributed by atoms with E-state index in [1.807, 2.05) is 44.2 Å². The van der Waals surface area contributed by atoms with Crippen LogP contribution < -0.4 is 21.3 Å². The predicted octanol–water partition coefficient (Wildman–Crippen LogP) is 2.07. The summed E-state index contributed by atoms with van der Waals surface area (Å²) in [5.74, 6) is -1.64. The van der Waals surface area contributed by atoms with Crippen molar-refractivity contribution >= 4 is 35.0 Å². The Morgan fingerprint density at radius 3 is 2.24 bits per heavy atom. The van der Waals surface area contributed by atoms with E-state index in [4.69, 9.17) is 0 Å². The quantitative estimate of drug-likeness (QED) is 0.268. The first-order valence-electron chi connectivity index (χ1n) is 12.1. The van der Waals surface area contributed by atoms with Gasteiger partial charge in [0.05, 0.1) is 4.92 Å². The number of carbonyl (C=O) groups excluding carboxylic acids is 4. The first kappa shape index (κ1) is 27.3. The van der Waals surface area contributed by atoms with Crippen LogP contribution in [0.4, 0.5) is 11.4 Å². The molecule has 0 spiro atoms. The molecule has 196 valence electrons. The molecule has 1 aliphatic heterocycles. The van der Waals surface area contributed by atoms with E-state index < -0.39 is 40.8 Å². The lowest BCUT2D eigenvalue weighted by molar-refractivity contribution is -0.384. The molecule has 1 heterocycles. The van der Waals surface area contributed by atoms with Crippen LogP contribution in [0.3, 0.4) is 0 Å². The van der Waals surface area contributed by atoms with Crippen molar-refractivity contribution in [2.75, 3.05) is 5.32 Å². The van der Waals surface area contributed by atoms with Crippen molar-refractivity contribution in [2.45, 2.75) is 57.7 Å². The summed E-state index contributed by atoms with van der Waals surface area (Å²) >= 11 is 0. The second kappa shape index (κ2) is 12.6. The van der Waals surface area contributed by atoms with Gasteiger partial charge in [0.15, 0.2) is 0 Å². The molecule has 0 aromatic heterocycles. The van der Waals surface area contributed by atoms with E-state index in [-0.39, 0.29) is 30.4 Å². The minimum Gasteiger partial charge on any atom is -0.344 e. The lowest BCUT2D eigenvalue weighted by Gasteiger charge is -2.25. The van der Waals surface area contributed by atoms with Crippen LogP contribution >= 0.6 is 0 Å². The molecule has 11 nitrogen and oxygen atoms in total. The van der Waals surface area contributed by atoms with Crippen molar-refractivity contribution in [2.24, 2.45) is 5.92 Å². The Bertz CT molecular complexity index is 1140. The summed E-state index contributed by atoms with van der Waals surface area (Å²) in [6.45, 7) is 3.81. The van der Waals surface area contributed by atoms with Crippen molar-refractivity contribution in [1.29, 1.82) is 0 Å². The van der Waals surface area contributed by atoms with E-state index in [0.29, 0.717) is 18.5 Å². The number of non-ortho nitro benzene ring substituents is 1. The number of anilines is 1. The SMILES string of the molecule is CC(C)C[C@H](NC(=O)[C@H](Cc1ccccc1)NC(=O)[C@H]1CCC(=O)N1)C(=O)Nc1ccc([N+](=O)[O-])cc1. The predicted molar refractivity (Wildman–Crippen MR) is 136 cm³/mol. The minimum absolute atomic E-state index is 0.0591. The Morgan fingerprint density at radius 1 is 1.00 bits per heavy atom. The molecule has 1 fully saturated rings. The highest BCUT2D eigenvalue weighted by atomic mass is 16.6. The number of nitro groups is 1. The van der Waals surface area contributed by atoms with E-state index in [0.717, 1.165) is 5.56 Å². The van der Waals surface area contributed by atoms with Crippen molar-refractivity contribution < 1.29 is 24.1 Å². The summed E-state index contributed by atoms with van der Waals surface area (Å²) in [6, 6.07) is 11.9. The van der Waals surface area contributed by atoms with Gasteiger partial charge in [0.1, 0.15) is 18.1 Å². The molecule has 0 radical (unpaired) electrons.